The van der Waals surface area contributed by atoms with Crippen LogP contribution in [0.5, 0.6) is 0 Å². The van der Waals surface area contributed by atoms with Gasteiger partial charge in [0.2, 0.25) is 5.95 Å². The van der Waals surface area contributed by atoms with Crippen LogP contribution < -0.4 is 15.5 Å². The minimum Gasteiger partial charge on any atom is -0.378 e. The molecule has 0 radical (unpaired) electrons. The molecule has 146 valence electrons. The summed E-state index contributed by atoms with van der Waals surface area (Å²) in [6, 6.07) is 18.2. The number of H-pyrrole nitrogens is 1. The largest absolute Gasteiger partial charge is 0.378 e. The maximum atomic E-state index is 5.43. The Morgan fingerprint density at radius 3 is 2.41 bits per heavy atom. The van der Waals surface area contributed by atoms with Crippen molar-refractivity contribution in [3.05, 3.63) is 60.9 Å². The molecule has 0 aliphatic carbocycles. The van der Waals surface area contributed by atoms with E-state index in [1.54, 1.807) is 6.33 Å². The molecule has 0 saturated carbocycles. The number of rotatable bonds is 5. The van der Waals surface area contributed by atoms with Crippen LogP contribution in [-0.4, -0.2) is 46.2 Å². The molecule has 0 amide bonds. The Hall–Kier alpha value is -3.65. The van der Waals surface area contributed by atoms with E-state index >= 15 is 0 Å². The van der Waals surface area contributed by atoms with Gasteiger partial charge in [0.05, 0.1) is 19.5 Å². The first-order valence-electron chi connectivity index (χ1n) is 9.58. The highest BCUT2D eigenvalue weighted by atomic mass is 16.5. The van der Waals surface area contributed by atoms with Crippen molar-refractivity contribution in [1.29, 1.82) is 0 Å². The predicted molar refractivity (Wildman–Crippen MR) is 114 cm³/mol. The van der Waals surface area contributed by atoms with Crippen molar-refractivity contribution in [3.63, 3.8) is 0 Å². The molecule has 0 unspecified atom stereocenters. The molecule has 2 aromatic carbocycles. The zero-order chi connectivity index (χ0) is 19.5. The van der Waals surface area contributed by atoms with Gasteiger partial charge in [-0.2, -0.15) is 9.97 Å². The van der Waals surface area contributed by atoms with Crippen LogP contribution in [0.2, 0.25) is 0 Å². The zero-order valence-electron chi connectivity index (χ0n) is 15.8. The Morgan fingerprint density at radius 2 is 1.62 bits per heavy atom. The van der Waals surface area contributed by atoms with Crippen molar-refractivity contribution < 1.29 is 4.74 Å². The van der Waals surface area contributed by atoms with E-state index in [0.717, 1.165) is 43.2 Å². The van der Waals surface area contributed by atoms with E-state index in [4.69, 9.17) is 4.74 Å². The molecule has 0 bridgehead atoms. The Kier molecular flexibility index (Phi) is 4.67. The number of morpholine rings is 1. The van der Waals surface area contributed by atoms with Gasteiger partial charge in [0.25, 0.3) is 0 Å². The summed E-state index contributed by atoms with van der Waals surface area (Å²) in [6.45, 7) is 3.38. The minimum absolute atomic E-state index is 0.489. The Bertz CT molecular complexity index is 1090. The fourth-order valence-electron chi connectivity index (χ4n) is 3.34. The van der Waals surface area contributed by atoms with Crippen LogP contribution in [0.3, 0.4) is 0 Å². The molecule has 8 nitrogen and oxygen atoms in total. The van der Waals surface area contributed by atoms with Crippen molar-refractivity contribution >= 4 is 40.0 Å². The van der Waals surface area contributed by atoms with Crippen LogP contribution >= 0.6 is 0 Å². The van der Waals surface area contributed by atoms with E-state index in [9.17, 15) is 0 Å². The molecule has 3 N–H and O–H groups in total. The summed E-state index contributed by atoms with van der Waals surface area (Å²) in [4.78, 5) is 18.9. The average Bonchev–Trinajstić information content (AvgIpc) is 3.25. The van der Waals surface area contributed by atoms with E-state index in [-0.39, 0.29) is 0 Å². The number of benzene rings is 2. The van der Waals surface area contributed by atoms with E-state index in [2.05, 4.69) is 59.7 Å². The minimum atomic E-state index is 0.489. The molecule has 29 heavy (non-hydrogen) atoms. The number of ether oxygens (including phenoxy) is 1. The maximum absolute atomic E-state index is 5.43. The van der Waals surface area contributed by atoms with E-state index in [1.807, 2.05) is 30.3 Å². The van der Waals surface area contributed by atoms with Crippen molar-refractivity contribution in [2.75, 3.05) is 41.8 Å². The van der Waals surface area contributed by atoms with E-state index in [0.29, 0.717) is 17.4 Å². The number of aromatic nitrogens is 4. The fraction of sp³-hybridized carbons (Fsp3) is 0.190. The highest BCUT2D eigenvalue weighted by Crippen LogP contribution is 2.26. The number of fused-ring (bicyclic) bond motifs is 1. The normalized spacial score (nSPS) is 14.1. The number of hydrogen-bond donors (Lipinski definition) is 3. The lowest BCUT2D eigenvalue weighted by Crippen LogP contribution is -2.36. The Morgan fingerprint density at radius 1 is 0.862 bits per heavy atom. The van der Waals surface area contributed by atoms with Crippen molar-refractivity contribution in [1.82, 2.24) is 19.9 Å². The summed E-state index contributed by atoms with van der Waals surface area (Å²) in [5.74, 6) is 1.16. The summed E-state index contributed by atoms with van der Waals surface area (Å²) in [5, 5.41) is 6.61. The Balaban J connectivity index is 1.40. The van der Waals surface area contributed by atoms with Gasteiger partial charge >= 0.3 is 0 Å². The molecule has 0 spiro atoms. The first-order valence-corrected chi connectivity index (χ1v) is 9.58. The molecule has 4 aromatic rings. The van der Waals surface area contributed by atoms with Crippen molar-refractivity contribution in [3.8, 4) is 0 Å². The number of anilines is 5. The summed E-state index contributed by atoms with van der Waals surface area (Å²) in [7, 11) is 0. The molecule has 5 rings (SSSR count). The highest BCUT2D eigenvalue weighted by molar-refractivity contribution is 5.86. The smallest absolute Gasteiger partial charge is 0.231 e. The molecule has 1 aliphatic rings. The van der Waals surface area contributed by atoms with Gasteiger partial charge in [0, 0.05) is 30.2 Å². The molecule has 0 atom stereocenters. The zero-order valence-corrected chi connectivity index (χ0v) is 15.8. The van der Waals surface area contributed by atoms with Gasteiger partial charge in [-0.05, 0) is 36.4 Å². The van der Waals surface area contributed by atoms with Crippen LogP contribution in [-0.2, 0) is 4.74 Å². The lowest BCUT2D eigenvalue weighted by Gasteiger charge is -2.28. The molecular formula is C21H21N7O. The van der Waals surface area contributed by atoms with Crippen LogP contribution in [0.1, 0.15) is 0 Å². The van der Waals surface area contributed by atoms with E-state index < -0.39 is 0 Å². The summed E-state index contributed by atoms with van der Waals surface area (Å²) in [6.07, 6.45) is 1.62. The predicted octanol–water partition coefficient (Wildman–Crippen LogP) is 3.68. The maximum Gasteiger partial charge on any atom is 0.231 e. The second-order valence-corrected chi connectivity index (χ2v) is 6.76. The quantitative estimate of drug-likeness (QED) is 0.481. The highest BCUT2D eigenvalue weighted by Gasteiger charge is 2.13. The van der Waals surface area contributed by atoms with Crippen LogP contribution in [0, 0.1) is 0 Å². The van der Waals surface area contributed by atoms with Gasteiger partial charge in [-0.3, -0.25) is 0 Å². The van der Waals surface area contributed by atoms with Gasteiger partial charge in [-0.25, -0.2) is 4.98 Å². The number of aromatic amines is 1. The fourth-order valence-corrected chi connectivity index (χ4v) is 3.34. The molecule has 2 aromatic heterocycles. The SMILES string of the molecule is c1ccc(Nc2nc(Nc3ccc(N4CCOCC4)cc3)c3[nH]cnc3n2)cc1. The molecule has 3 heterocycles. The van der Waals surface area contributed by atoms with Gasteiger partial charge in [0.1, 0.15) is 5.52 Å². The van der Waals surface area contributed by atoms with E-state index in [1.165, 1.54) is 5.69 Å². The third-order valence-electron chi connectivity index (χ3n) is 4.82. The van der Waals surface area contributed by atoms with Gasteiger partial charge in [-0.1, -0.05) is 18.2 Å². The third-order valence-corrected chi connectivity index (χ3v) is 4.82. The summed E-state index contributed by atoms with van der Waals surface area (Å²) < 4.78 is 5.43. The first kappa shape index (κ1) is 17.4. The number of nitrogens with one attached hydrogen (secondary N) is 3. The molecule has 1 aliphatic heterocycles. The second-order valence-electron chi connectivity index (χ2n) is 6.76. The first-order chi connectivity index (χ1) is 14.3. The standard InChI is InChI=1S/C21H21N7O/c1-2-4-15(5-3-1)25-21-26-19-18(22-14-23-19)20(27-21)24-16-6-8-17(9-7-16)28-10-12-29-13-11-28/h1-9,14H,10-13H2,(H3,22,23,24,25,26,27). The van der Waals surface area contributed by atoms with Gasteiger partial charge in [-0.15, -0.1) is 0 Å². The lowest BCUT2D eigenvalue weighted by atomic mass is 10.2. The number of nitrogens with zero attached hydrogens (tertiary/aromatic N) is 4. The van der Waals surface area contributed by atoms with Crippen LogP contribution in [0.15, 0.2) is 60.9 Å². The van der Waals surface area contributed by atoms with Gasteiger partial charge < -0.3 is 25.3 Å². The van der Waals surface area contributed by atoms with Crippen LogP contribution in [0.4, 0.5) is 28.8 Å². The summed E-state index contributed by atoms with van der Waals surface area (Å²) in [5.41, 5.74) is 4.43. The molecular weight excluding hydrogens is 366 g/mol. The molecule has 1 fully saturated rings. The number of para-hydroxylation sites is 1. The average molecular weight is 387 g/mol. The van der Waals surface area contributed by atoms with Crippen molar-refractivity contribution in [2.24, 2.45) is 0 Å². The monoisotopic (exact) mass is 387 g/mol. The van der Waals surface area contributed by atoms with Gasteiger partial charge in [0.15, 0.2) is 11.5 Å². The van der Waals surface area contributed by atoms with Crippen LogP contribution in [0.25, 0.3) is 11.2 Å². The summed E-state index contributed by atoms with van der Waals surface area (Å²) >= 11 is 0. The second kappa shape index (κ2) is 7.76. The van der Waals surface area contributed by atoms with Crippen molar-refractivity contribution in [2.45, 2.75) is 0 Å². The molecule has 1 saturated heterocycles. The number of imidazole rings is 1. The lowest BCUT2D eigenvalue weighted by molar-refractivity contribution is 0.122. The molecule has 8 heteroatoms. The topological polar surface area (TPSA) is 91.0 Å². The third kappa shape index (κ3) is 3.83. The Labute approximate surface area is 168 Å². The number of hydrogen-bond acceptors (Lipinski definition) is 7.